The van der Waals surface area contributed by atoms with Gasteiger partial charge in [-0.25, -0.2) is 0 Å². The maximum atomic E-state index is 5.25. The summed E-state index contributed by atoms with van der Waals surface area (Å²) in [6.45, 7) is 4.25. The van der Waals surface area contributed by atoms with E-state index in [1.165, 1.54) is 0 Å². The van der Waals surface area contributed by atoms with Crippen molar-refractivity contribution in [2.45, 2.75) is 19.9 Å². The first kappa shape index (κ1) is 8.17. The molecule has 1 N–H and O–H groups in total. The molecule has 1 aromatic heterocycles. The Bertz CT molecular complexity index is 403. The summed E-state index contributed by atoms with van der Waals surface area (Å²) in [7, 11) is 0. The van der Waals surface area contributed by atoms with Crippen LogP contribution in [0.5, 0.6) is 0 Å². The second-order valence-electron chi connectivity index (χ2n) is 3.47. The fraction of sp³-hybridized carbons (Fsp3) is 0.273. The van der Waals surface area contributed by atoms with E-state index in [4.69, 9.17) is 4.42 Å². The van der Waals surface area contributed by atoms with Crippen molar-refractivity contribution in [3.63, 3.8) is 0 Å². The van der Waals surface area contributed by atoms with Gasteiger partial charge in [0.25, 0.3) is 0 Å². The second kappa shape index (κ2) is 3.13. The summed E-state index contributed by atoms with van der Waals surface area (Å²) in [5, 5.41) is 4.49. The summed E-state index contributed by atoms with van der Waals surface area (Å²) in [5.41, 5.74) is 2.08. The fourth-order valence-corrected chi connectivity index (χ4v) is 1.39. The van der Waals surface area contributed by atoms with E-state index in [0.717, 1.165) is 16.7 Å². The number of furan rings is 1. The highest BCUT2D eigenvalue weighted by Gasteiger charge is 1.99. The molecule has 1 heterocycles. The van der Waals surface area contributed by atoms with Gasteiger partial charge in [0.05, 0.1) is 6.26 Å². The highest BCUT2D eigenvalue weighted by Crippen LogP contribution is 2.20. The number of anilines is 1. The van der Waals surface area contributed by atoms with Crippen LogP contribution in [0.1, 0.15) is 13.8 Å². The minimum absolute atomic E-state index is 0.462. The topological polar surface area (TPSA) is 25.2 Å². The molecule has 0 aliphatic carbocycles. The van der Waals surface area contributed by atoms with Crippen LogP contribution in [0.2, 0.25) is 0 Å². The van der Waals surface area contributed by atoms with Gasteiger partial charge in [-0.05, 0) is 38.1 Å². The van der Waals surface area contributed by atoms with E-state index < -0.39 is 0 Å². The zero-order valence-corrected chi connectivity index (χ0v) is 7.87. The van der Waals surface area contributed by atoms with E-state index in [0.29, 0.717) is 6.04 Å². The van der Waals surface area contributed by atoms with Gasteiger partial charge in [0.2, 0.25) is 0 Å². The van der Waals surface area contributed by atoms with Crippen LogP contribution in [0.4, 0.5) is 5.69 Å². The lowest BCUT2D eigenvalue weighted by Crippen LogP contribution is -2.09. The van der Waals surface area contributed by atoms with Gasteiger partial charge in [-0.2, -0.15) is 0 Å². The molecule has 0 radical (unpaired) electrons. The molecule has 13 heavy (non-hydrogen) atoms. The van der Waals surface area contributed by atoms with Crippen LogP contribution >= 0.6 is 0 Å². The predicted octanol–water partition coefficient (Wildman–Crippen LogP) is 3.25. The molecular weight excluding hydrogens is 162 g/mol. The Labute approximate surface area is 77.6 Å². The first-order valence-corrected chi connectivity index (χ1v) is 4.49. The van der Waals surface area contributed by atoms with Crippen molar-refractivity contribution in [3.8, 4) is 0 Å². The van der Waals surface area contributed by atoms with Gasteiger partial charge in [0.15, 0.2) is 0 Å². The van der Waals surface area contributed by atoms with E-state index in [9.17, 15) is 0 Å². The van der Waals surface area contributed by atoms with Crippen LogP contribution in [0.15, 0.2) is 34.9 Å². The third kappa shape index (κ3) is 1.66. The third-order valence-corrected chi connectivity index (χ3v) is 1.91. The van der Waals surface area contributed by atoms with Crippen molar-refractivity contribution in [1.82, 2.24) is 0 Å². The highest BCUT2D eigenvalue weighted by molar-refractivity contribution is 5.81. The second-order valence-corrected chi connectivity index (χ2v) is 3.47. The molecule has 0 bridgehead atoms. The number of benzene rings is 1. The summed E-state index contributed by atoms with van der Waals surface area (Å²) >= 11 is 0. The number of rotatable bonds is 2. The van der Waals surface area contributed by atoms with Crippen LogP contribution in [0, 0.1) is 0 Å². The van der Waals surface area contributed by atoms with Crippen molar-refractivity contribution in [3.05, 3.63) is 30.5 Å². The zero-order valence-electron chi connectivity index (χ0n) is 7.87. The number of hydrogen-bond acceptors (Lipinski definition) is 2. The summed E-state index contributed by atoms with van der Waals surface area (Å²) < 4.78 is 5.25. The molecule has 0 atom stereocenters. The van der Waals surface area contributed by atoms with E-state index in [1.54, 1.807) is 6.26 Å². The van der Waals surface area contributed by atoms with Crippen LogP contribution in [-0.4, -0.2) is 6.04 Å². The average Bonchev–Trinajstić information content (AvgIpc) is 2.49. The minimum atomic E-state index is 0.462. The molecule has 0 saturated carbocycles. The van der Waals surface area contributed by atoms with Crippen molar-refractivity contribution in [1.29, 1.82) is 0 Å². The third-order valence-electron chi connectivity index (χ3n) is 1.91. The van der Waals surface area contributed by atoms with Crippen molar-refractivity contribution < 1.29 is 4.42 Å². The molecule has 0 amide bonds. The summed E-state index contributed by atoms with van der Waals surface area (Å²) in [6, 6.07) is 8.55. The molecule has 1 aromatic carbocycles. The molecule has 0 fully saturated rings. The van der Waals surface area contributed by atoms with Gasteiger partial charge in [-0.15, -0.1) is 0 Å². The normalized spacial score (nSPS) is 11.0. The molecule has 2 rings (SSSR count). The lowest BCUT2D eigenvalue weighted by atomic mass is 10.2. The molecule has 0 aliphatic rings. The Kier molecular flexibility index (Phi) is 1.97. The Hall–Kier alpha value is -1.44. The Morgan fingerprint density at radius 1 is 1.23 bits per heavy atom. The zero-order chi connectivity index (χ0) is 9.26. The van der Waals surface area contributed by atoms with E-state index in [-0.39, 0.29) is 0 Å². The number of fused-ring (bicyclic) bond motifs is 1. The Morgan fingerprint density at radius 3 is 2.85 bits per heavy atom. The summed E-state index contributed by atoms with van der Waals surface area (Å²) in [5.74, 6) is 0. The molecule has 2 nitrogen and oxygen atoms in total. The van der Waals surface area contributed by atoms with Crippen molar-refractivity contribution in [2.24, 2.45) is 0 Å². The van der Waals surface area contributed by atoms with Gasteiger partial charge in [-0.3, -0.25) is 0 Å². The van der Waals surface area contributed by atoms with Crippen LogP contribution in [-0.2, 0) is 0 Å². The Balaban J connectivity index is 2.37. The summed E-state index contributed by atoms with van der Waals surface area (Å²) in [6.07, 6.45) is 1.71. The fourth-order valence-electron chi connectivity index (χ4n) is 1.39. The van der Waals surface area contributed by atoms with E-state index in [1.807, 2.05) is 18.2 Å². The first-order valence-electron chi connectivity index (χ1n) is 4.49. The van der Waals surface area contributed by atoms with E-state index in [2.05, 4.69) is 25.2 Å². The van der Waals surface area contributed by atoms with Crippen molar-refractivity contribution >= 4 is 16.7 Å². The lowest BCUT2D eigenvalue weighted by molar-refractivity contribution is 0.616. The van der Waals surface area contributed by atoms with Gasteiger partial charge in [0, 0.05) is 17.1 Å². The van der Waals surface area contributed by atoms with Gasteiger partial charge >= 0.3 is 0 Å². The highest BCUT2D eigenvalue weighted by atomic mass is 16.3. The molecular formula is C11H13NO. The summed E-state index contributed by atoms with van der Waals surface area (Å²) in [4.78, 5) is 0. The smallest absolute Gasteiger partial charge is 0.133 e. The maximum absolute atomic E-state index is 5.25. The van der Waals surface area contributed by atoms with Crippen LogP contribution < -0.4 is 5.32 Å². The van der Waals surface area contributed by atoms with Gasteiger partial charge in [-0.1, -0.05) is 0 Å². The molecule has 0 spiro atoms. The molecule has 0 unspecified atom stereocenters. The molecule has 68 valence electrons. The molecule has 0 aliphatic heterocycles. The largest absolute Gasteiger partial charge is 0.464 e. The molecule has 2 aromatic rings. The van der Waals surface area contributed by atoms with Crippen LogP contribution in [0.3, 0.4) is 0 Å². The first-order chi connectivity index (χ1) is 6.25. The quantitative estimate of drug-likeness (QED) is 0.757. The molecule has 2 heteroatoms. The standard InChI is InChI=1S/C11H13NO/c1-8(2)12-10-3-4-11-9(7-10)5-6-13-11/h3-8,12H,1-2H3. The number of nitrogens with one attached hydrogen (secondary N) is 1. The predicted molar refractivity (Wildman–Crippen MR) is 55.0 cm³/mol. The van der Waals surface area contributed by atoms with Gasteiger partial charge < -0.3 is 9.73 Å². The van der Waals surface area contributed by atoms with E-state index >= 15 is 0 Å². The monoisotopic (exact) mass is 175 g/mol. The lowest BCUT2D eigenvalue weighted by Gasteiger charge is -2.08. The maximum Gasteiger partial charge on any atom is 0.133 e. The SMILES string of the molecule is CC(C)Nc1ccc2occc2c1. The van der Waals surface area contributed by atoms with Crippen LogP contribution in [0.25, 0.3) is 11.0 Å². The molecule has 0 saturated heterocycles. The minimum Gasteiger partial charge on any atom is -0.464 e. The average molecular weight is 175 g/mol. The Morgan fingerprint density at radius 2 is 2.08 bits per heavy atom. The van der Waals surface area contributed by atoms with Gasteiger partial charge in [0.1, 0.15) is 5.58 Å². The number of hydrogen-bond donors (Lipinski definition) is 1. The van der Waals surface area contributed by atoms with Crippen molar-refractivity contribution in [2.75, 3.05) is 5.32 Å².